The van der Waals surface area contributed by atoms with Gasteiger partial charge < -0.3 is 25.7 Å². The van der Waals surface area contributed by atoms with Crippen LogP contribution in [0.15, 0.2) is 36.5 Å². The molecule has 0 aliphatic rings. The number of unbranched alkanes of at least 4 members (excludes halogenated alkanes) is 27. The van der Waals surface area contributed by atoms with Crippen molar-refractivity contribution in [1.29, 1.82) is 0 Å². The number of aliphatic hydroxyl groups is 4. The molecule has 5 N–H and O–H groups in total. The SMILES string of the molecule is CCCCCC/C=C/CC/C=C/CCCC(O)C(O)C(CO)NC(=O)C(O)CCCCCCCCCCC/C=C\CCCCCCCCCCCCCC. The van der Waals surface area contributed by atoms with Crippen LogP contribution in [-0.2, 0) is 4.79 Å². The van der Waals surface area contributed by atoms with E-state index in [1.807, 2.05) is 0 Å². The molecule has 0 spiro atoms. The highest BCUT2D eigenvalue weighted by atomic mass is 16.3. The molecule has 4 unspecified atom stereocenters. The molecule has 4 atom stereocenters. The van der Waals surface area contributed by atoms with Crippen LogP contribution in [0.1, 0.15) is 232 Å². The third-order valence-corrected chi connectivity index (χ3v) is 10.8. The van der Waals surface area contributed by atoms with Crippen LogP contribution in [-0.4, -0.2) is 57.3 Å². The second-order valence-electron chi connectivity index (χ2n) is 16.1. The maximum atomic E-state index is 12.5. The van der Waals surface area contributed by atoms with E-state index in [1.165, 1.54) is 154 Å². The van der Waals surface area contributed by atoms with E-state index in [9.17, 15) is 25.2 Å². The minimum atomic E-state index is -1.29. The lowest BCUT2D eigenvalue weighted by Crippen LogP contribution is -2.53. The van der Waals surface area contributed by atoms with Crippen LogP contribution in [0.5, 0.6) is 0 Å². The molecule has 0 saturated carbocycles. The Kier molecular flexibility index (Phi) is 41.5. The summed E-state index contributed by atoms with van der Waals surface area (Å²) in [6, 6.07) is -1.01. The van der Waals surface area contributed by atoms with Crippen LogP contribution in [0, 0.1) is 0 Å². The van der Waals surface area contributed by atoms with Gasteiger partial charge in [-0.3, -0.25) is 4.79 Å². The predicted octanol–water partition coefficient (Wildman–Crippen LogP) is 12.5. The smallest absolute Gasteiger partial charge is 0.249 e. The maximum absolute atomic E-state index is 12.5. The van der Waals surface area contributed by atoms with E-state index >= 15 is 0 Å². The van der Waals surface area contributed by atoms with Gasteiger partial charge in [0.1, 0.15) is 12.2 Å². The summed E-state index contributed by atoms with van der Waals surface area (Å²) in [7, 11) is 0. The van der Waals surface area contributed by atoms with Crippen molar-refractivity contribution < 1.29 is 25.2 Å². The molecule has 318 valence electrons. The topological polar surface area (TPSA) is 110 Å². The normalized spacial score (nSPS) is 14.4. The third-order valence-electron chi connectivity index (χ3n) is 10.8. The van der Waals surface area contributed by atoms with Crippen LogP contribution in [0.25, 0.3) is 0 Å². The minimum absolute atomic E-state index is 0.358. The summed E-state index contributed by atoms with van der Waals surface area (Å²) in [5.41, 5.74) is 0. The zero-order valence-electron chi connectivity index (χ0n) is 35.7. The highest BCUT2D eigenvalue weighted by Crippen LogP contribution is 2.15. The highest BCUT2D eigenvalue weighted by molar-refractivity contribution is 5.80. The number of aliphatic hydroxyl groups excluding tert-OH is 4. The summed E-state index contributed by atoms with van der Waals surface area (Å²) >= 11 is 0. The molecule has 0 aliphatic carbocycles. The third kappa shape index (κ3) is 36.2. The summed E-state index contributed by atoms with van der Waals surface area (Å²) in [6.07, 6.45) is 50.5. The van der Waals surface area contributed by atoms with Gasteiger partial charge in [0.05, 0.1) is 18.8 Å². The van der Waals surface area contributed by atoms with Crippen LogP contribution in [0.4, 0.5) is 0 Å². The largest absolute Gasteiger partial charge is 0.394 e. The molecule has 1 amide bonds. The number of hydrogen-bond acceptors (Lipinski definition) is 5. The Morgan fingerprint density at radius 1 is 0.444 bits per heavy atom. The molecule has 0 radical (unpaired) electrons. The summed E-state index contributed by atoms with van der Waals surface area (Å²) in [5, 5.41) is 43.6. The molecule has 0 fully saturated rings. The summed E-state index contributed by atoms with van der Waals surface area (Å²) in [5.74, 6) is -0.600. The number of hydrogen-bond donors (Lipinski definition) is 5. The monoisotopic (exact) mass is 762 g/mol. The standard InChI is InChI=1S/C48H91NO5/c1-3-5-7-9-11-13-15-17-18-19-20-21-22-23-24-25-26-27-28-30-32-34-36-38-40-42-46(52)48(54)49-44(43-50)47(53)45(51)41-39-37-35-33-31-29-16-14-12-10-8-6-4-2/h14,16,23-24,33,35,44-47,50-53H,3-13,15,17-22,25-32,34,36-43H2,1-2H3,(H,49,54)/b16-14+,24-23-,35-33+. The molecular formula is C48H91NO5. The Hall–Kier alpha value is -1.47. The van der Waals surface area contributed by atoms with Gasteiger partial charge in [-0.15, -0.1) is 0 Å². The predicted molar refractivity (Wildman–Crippen MR) is 233 cm³/mol. The summed E-state index contributed by atoms with van der Waals surface area (Å²) in [4.78, 5) is 12.5. The quantitative estimate of drug-likeness (QED) is 0.0314. The number of carbonyl (C=O) groups is 1. The molecule has 0 aliphatic heterocycles. The molecule has 0 bridgehead atoms. The first-order chi connectivity index (χ1) is 26.5. The van der Waals surface area contributed by atoms with Crippen molar-refractivity contribution >= 4 is 5.91 Å². The van der Waals surface area contributed by atoms with Crippen molar-refractivity contribution in [3.05, 3.63) is 36.5 Å². The molecule has 54 heavy (non-hydrogen) atoms. The van der Waals surface area contributed by atoms with E-state index in [-0.39, 0.29) is 0 Å². The van der Waals surface area contributed by atoms with Gasteiger partial charge in [-0.05, 0) is 77.0 Å². The van der Waals surface area contributed by atoms with Crippen molar-refractivity contribution in [2.45, 2.75) is 257 Å². The van der Waals surface area contributed by atoms with E-state index in [1.54, 1.807) is 0 Å². The first kappa shape index (κ1) is 52.5. The van der Waals surface area contributed by atoms with Crippen LogP contribution in [0.2, 0.25) is 0 Å². The number of carbonyl (C=O) groups excluding carboxylic acids is 1. The zero-order valence-corrected chi connectivity index (χ0v) is 35.7. The average molecular weight is 762 g/mol. The number of rotatable bonds is 42. The highest BCUT2D eigenvalue weighted by Gasteiger charge is 2.28. The van der Waals surface area contributed by atoms with Crippen molar-refractivity contribution in [3.8, 4) is 0 Å². The van der Waals surface area contributed by atoms with Gasteiger partial charge in [0.2, 0.25) is 5.91 Å². The molecule has 6 heteroatoms. The Labute approximate surface area is 335 Å². The number of amides is 1. The Balaban J connectivity index is 3.71. The molecular weight excluding hydrogens is 671 g/mol. The molecule has 0 aromatic heterocycles. The first-order valence-electron chi connectivity index (χ1n) is 23.4. The molecule has 0 saturated heterocycles. The fourth-order valence-corrected chi connectivity index (χ4v) is 7.06. The van der Waals surface area contributed by atoms with Crippen molar-refractivity contribution in [2.24, 2.45) is 0 Å². The lowest BCUT2D eigenvalue weighted by Gasteiger charge is -2.27. The van der Waals surface area contributed by atoms with Gasteiger partial charge >= 0.3 is 0 Å². The maximum Gasteiger partial charge on any atom is 0.249 e. The van der Waals surface area contributed by atoms with E-state index in [0.29, 0.717) is 19.3 Å². The van der Waals surface area contributed by atoms with Crippen molar-refractivity contribution in [1.82, 2.24) is 5.32 Å². The van der Waals surface area contributed by atoms with Gasteiger partial charge in [-0.2, -0.15) is 0 Å². The van der Waals surface area contributed by atoms with Crippen molar-refractivity contribution in [3.63, 3.8) is 0 Å². The van der Waals surface area contributed by atoms with Crippen LogP contribution < -0.4 is 5.32 Å². The zero-order chi connectivity index (χ0) is 39.6. The van der Waals surface area contributed by atoms with Gasteiger partial charge in [0.15, 0.2) is 0 Å². The minimum Gasteiger partial charge on any atom is -0.394 e. The van der Waals surface area contributed by atoms with Gasteiger partial charge in [-0.25, -0.2) is 0 Å². The van der Waals surface area contributed by atoms with E-state index in [4.69, 9.17) is 0 Å². The second kappa shape index (κ2) is 42.7. The van der Waals surface area contributed by atoms with Crippen LogP contribution in [0.3, 0.4) is 0 Å². The Morgan fingerprint density at radius 2 is 0.778 bits per heavy atom. The molecule has 0 aromatic carbocycles. The lowest BCUT2D eigenvalue weighted by atomic mass is 10.00. The summed E-state index contributed by atoms with van der Waals surface area (Å²) < 4.78 is 0. The molecule has 0 rings (SSSR count). The van der Waals surface area contributed by atoms with E-state index in [2.05, 4.69) is 55.6 Å². The fourth-order valence-electron chi connectivity index (χ4n) is 7.06. The molecule has 6 nitrogen and oxygen atoms in total. The van der Waals surface area contributed by atoms with Crippen molar-refractivity contribution in [2.75, 3.05) is 6.61 Å². The van der Waals surface area contributed by atoms with Gasteiger partial charge in [-0.1, -0.05) is 192 Å². The average Bonchev–Trinajstić information content (AvgIpc) is 3.18. The van der Waals surface area contributed by atoms with E-state index in [0.717, 1.165) is 44.9 Å². The first-order valence-corrected chi connectivity index (χ1v) is 23.4. The Morgan fingerprint density at radius 3 is 1.19 bits per heavy atom. The molecule has 0 heterocycles. The fraction of sp³-hybridized carbons (Fsp3) is 0.854. The number of nitrogens with one attached hydrogen (secondary N) is 1. The Bertz CT molecular complexity index is 858. The number of allylic oxidation sites excluding steroid dienone is 6. The van der Waals surface area contributed by atoms with E-state index < -0.39 is 36.9 Å². The lowest BCUT2D eigenvalue weighted by molar-refractivity contribution is -0.132. The second-order valence-corrected chi connectivity index (χ2v) is 16.1. The summed E-state index contributed by atoms with van der Waals surface area (Å²) in [6.45, 7) is 4.01. The van der Waals surface area contributed by atoms with Crippen LogP contribution >= 0.6 is 0 Å². The van der Waals surface area contributed by atoms with Gasteiger partial charge in [0.25, 0.3) is 0 Å². The molecule has 0 aromatic rings. The van der Waals surface area contributed by atoms with Gasteiger partial charge in [0, 0.05) is 0 Å².